The largest absolute Gasteiger partial charge is 0.405 e. The number of halogens is 3. The van der Waals surface area contributed by atoms with Gasteiger partial charge in [0.15, 0.2) is 0 Å². The Kier molecular flexibility index (Phi) is 5.23. The van der Waals surface area contributed by atoms with Gasteiger partial charge in [0.25, 0.3) is 5.91 Å². The zero-order valence-corrected chi connectivity index (χ0v) is 12.5. The maximum absolute atomic E-state index is 13.2. The lowest BCUT2D eigenvalue weighted by Crippen LogP contribution is -2.57. The first-order valence-electron chi connectivity index (χ1n) is 6.74. The molecule has 0 bridgehead atoms. The Labute approximate surface area is 125 Å². The Morgan fingerprint density at radius 3 is 2.62 bits per heavy atom. The quantitative estimate of drug-likeness (QED) is 0.886. The van der Waals surface area contributed by atoms with Crippen LogP contribution in [0.5, 0.6) is 0 Å². The van der Waals surface area contributed by atoms with E-state index in [9.17, 15) is 18.0 Å². The maximum Gasteiger partial charge on any atom is 0.405 e. The van der Waals surface area contributed by atoms with Crippen LogP contribution >= 0.6 is 11.3 Å². The van der Waals surface area contributed by atoms with Gasteiger partial charge in [-0.3, -0.25) is 9.69 Å². The average molecular weight is 321 g/mol. The molecule has 1 saturated heterocycles. The van der Waals surface area contributed by atoms with Crippen LogP contribution in [0.25, 0.3) is 0 Å². The fourth-order valence-corrected chi connectivity index (χ4v) is 3.06. The summed E-state index contributed by atoms with van der Waals surface area (Å²) >= 11 is 1.27. The highest BCUT2D eigenvalue weighted by molar-refractivity contribution is 7.13. The van der Waals surface area contributed by atoms with Crippen molar-refractivity contribution in [3.05, 3.63) is 21.9 Å². The van der Waals surface area contributed by atoms with Gasteiger partial charge in [-0.2, -0.15) is 13.2 Å². The van der Waals surface area contributed by atoms with Crippen LogP contribution < -0.4 is 10.6 Å². The fourth-order valence-electron chi connectivity index (χ4n) is 2.28. The smallest absolute Gasteiger partial charge is 0.349 e. The van der Waals surface area contributed by atoms with Crippen molar-refractivity contribution in [2.75, 3.05) is 32.7 Å². The van der Waals surface area contributed by atoms with E-state index < -0.39 is 24.7 Å². The molecule has 8 heteroatoms. The topological polar surface area (TPSA) is 44.4 Å². The Hall–Kier alpha value is -1.12. The number of thiophene rings is 1. The van der Waals surface area contributed by atoms with Crippen molar-refractivity contribution in [3.8, 4) is 0 Å². The van der Waals surface area contributed by atoms with Gasteiger partial charge in [0.05, 0.1) is 4.88 Å². The zero-order valence-electron chi connectivity index (χ0n) is 11.7. The van der Waals surface area contributed by atoms with Gasteiger partial charge in [-0.15, -0.1) is 11.3 Å². The lowest BCUT2D eigenvalue weighted by Gasteiger charge is -2.35. The maximum atomic E-state index is 13.2. The molecule has 1 aliphatic heterocycles. The Morgan fingerprint density at radius 2 is 2.10 bits per heavy atom. The third-order valence-corrected chi connectivity index (χ3v) is 4.39. The summed E-state index contributed by atoms with van der Waals surface area (Å²) in [6.07, 6.45) is -4.35. The van der Waals surface area contributed by atoms with Crippen molar-refractivity contribution in [1.82, 2.24) is 15.5 Å². The first-order chi connectivity index (χ1) is 9.88. The molecule has 0 radical (unpaired) electrons. The van der Waals surface area contributed by atoms with Gasteiger partial charge in [-0.05, 0) is 19.1 Å². The molecule has 1 fully saturated rings. The molecular weight excluding hydrogens is 303 g/mol. The van der Waals surface area contributed by atoms with Crippen molar-refractivity contribution in [2.45, 2.75) is 19.1 Å². The summed E-state index contributed by atoms with van der Waals surface area (Å²) in [5.41, 5.74) is 0. The molecule has 118 valence electrons. The van der Waals surface area contributed by atoms with Crippen LogP contribution in [0.3, 0.4) is 0 Å². The second-order valence-corrected chi connectivity index (χ2v) is 6.25. The third-order valence-electron chi connectivity index (χ3n) is 3.39. The number of hydrogen-bond acceptors (Lipinski definition) is 4. The summed E-state index contributed by atoms with van der Waals surface area (Å²) in [5.74, 6) is -0.447. The van der Waals surface area contributed by atoms with Gasteiger partial charge in [-0.25, -0.2) is 0 Å². The van der Waals surface area contributed by atoms with Crippen molar-refractivity contribution in [1.29, 1.82) is 0 Å². The number of nitrogens with one attached hydrogen (secondary N) is 2. The van der Waals surface area contributed by atoms with Crippen molar-refractivity contribution >= 4 is 17.2 Å². The summed E-state index contributed by atoms with van der Waals surface area (Å²) in [4.78, 5) is 14.6. The van der Waals surface area contributed by atoms with E-state index in [1.807, 2.05) is 6.92 Å². The Bertz CT molecular complexity index is 483. The van der Waals surface area contributed by atoms with Gasteiger partial charge in [0.2, 0.25) is 0 Å². The molecule has 21 heavy (non-hydrogen) atoms. The van der Waals surface area contributed by atoms with Crippen LogP contribution in [0.1, 0.15) is 14.5 Å². The van der Waals surface area contributed by atoms with Crippen LogP contribution in [-0.4, -0.2) is 55.7 Å². The summed E-state index contributed by atoms with van der Waals surface area (Å²) in [6, 6.07) is 1.77. The van der Waals surface area contributed by atoms with Crippen LogP contribution in [0.15, 0.2) is 12.1 Å². The highest BCUT2D eigenvalue weighted by Crippen LogP contribution is 2.25. The summed E-state index contributed by atoms with van der Waals surface area (Å²) in [6.45, 7) is 3.16. The monoisotopic (exact) mass is 321 g/mol. The SMILES string of the molecule is Cc1ccc(C(=O)NCC(N2CCNCC2)C(F)(F)F)s1. The van der Waals surface area contributed by atoms with E-state index in [-0.39, 0.29) is 0 Å². The van der Waals surface area contributed by atoms with Crippen LogP contribution in [-0.2, 0) is 0 Å². The molecule has 1 atom stereocenters. The molecule has 2 rings (SSSR count). The molecule has 0 spiro atoms. The molecule has 1 aliphatic rings. The first-order valence-corrected chi connectivity index (χ1v) is 7.55. The molecule has 0 aliphatic carbocycles. The summed E-state index contributed by atoms with van der Waals surface area (Å²) < 4.78 is 39.5. The summed E-state index contributed by atoms with van der Waals surface area (Å²) in [7, 11) is 0. The highest BCUT2D eigenvalue weighted by atomic mass is 32.1. The molecule has 0 aromatic carbocycles. The number of aryl methyl sites for hydroxylation is 1. The number of piperazine rings is 1. The molecule has 1 aromatic heterocycles. The van der Waals surface area contributed by atoms with Crippen LogP contribution in [0, 0.1) is 6.92 Å². The molecule has 1 aromatic rings. The molecule has 1 amide bonds. The molecule has 2 heterocycles. The van der Waals surface area contributed by atoms with Crippen molar-refractivity contribution in [2.24, 2.45) is 0 Å². The van der Waals surface area contributed by atoms with Gasteiger partial charge >= 0.3 is 6.18 Å². The van der Waals surface area contributed by atoms with Crippen LogP contribution in [0.4, 0.5) is 13.2 Å². The van der Waals surface area contributed by atoms with E-state index in [1.54, 1.807) is 12.1 Å². The number of alkyl halides is 3. The van der Waals surface area contributed by atoms with E-state index in [0.29, 0.717) is 31.1 Å². The third kappa shape index (κ3) is 4.42. The lowest BCUT2D eigenvalue weighted by atomic mass is 10.2. The number of rotatable bonds is 4. The van der Waals surface area contributed by atoms with E-state index >= 15 is 0 Å². The number of hydrogen-bond donors (Lipinski definition) is 2. The van der Waals surface area contributed by atoms with E-state index in [2.05, 4.69) is 10.6 Å². The molecule has 4 nitrogen and oxygen atoms in total. The van der Waals surface area contributed by atoms with Gasteiger partial charge < -0.3 is 10.6 Å². The van der Waals surface area contributed by atoms with E-state index in [1.165, 1.54) is 16.2 Å². The zero-order chi connectivity index (χ0) is 15.5. The number of carbonyl (C=O) groups is 1. The van der Waals surface area contributed by atoms with Crippen molar-refractivity contribution in [3.63, 3.8) is 0 Å². The van der Waals surface area contributed by atoms with E-state index in [0.717, 1.165) is 4.88 Å². The summed E-state index contributed by atoms with van der Waals surface area (Å²) in [5, 5.41) is 5.43. The minimum Gasteiger partial charge on any atom is -0.349 e. The normalized spacial score (nSPS) is 18.5. The standard InChI is InChI=1S/C13H18F3N3OS/c1-9-2-3-10(21-9)12(20)18-8-11(13(14,15)16)19-6-4-17-5-7-19/h2-3,11,17H,4-8H2,1H3,(H,18,20). The van der Waals surface area contributed by atoms with Gasteiger partial charge in [0, 0.05) is 37.6 Å². The minimum atomic E-state index is -4.35. The van der Waals surface area contributed by atoms with Gasteiger partial charge in [0.1, 0.15) is 6.04 Å². The minimum absolute atomic E-state index is 0.332. The molecule has 1 unspecified atom stereocenters. The average Bonchev–Trinajstić information content (AvgIpc) is 2.85. The number of carbonyl (C=O) groups excluding carboxylic acids is 1. The van der Waals surface area contributed by atoms with Crippen LogP contribution in [0.2, 0.25) is 0 Å². The number of amides is 1. The predicted molar refractivity (Wildman–Crippen MR) is 75.7 cm³/mol. The number of nitrogens with zero attached hydrogens (tertiary/aromatic N) is 1. The second-order valence-electron chi connectivity index (χ2n) is 4.96. The van der Waals surface area contributed by atoms with E-state index in [4.69, 9.17) is 0 Å². The molecule has 2 N–H and O–H groups in total. The second kappa shape index (κ2) is 6.76. The molecule has 0 saturated carbocycles. The fraction of sp³-hybridized carbons (Fsp3) is 0.615. The first kappa shape index (κ1) is 16.3. The Balaban J connectivity index is 1.97. The Morgan fingerprint density at radius 1 is 1.43 bits per heavy atom. The predicted octanol–water partition coefficient (Wildman–Crippen LogP) is 1.62. The molecular formula is C13H18F3N3OS. The van der Waals surface area contributed by atoms with Crippen molar-refractivity contribution < 1.29 is 18.0 Å². The lowest BCUT2D eigenvalue weighted by molar-refractivity contribution is -0.183. The van der Waals surface area contributed by atoms with Gasteiger partial charge in [-0.1, -0.05) is 0 Å². The highest BCUT2D eigenvalue weighted by Gasteiger charge is 2.43.